The van der Waals surface area contributed by atoms with Crippen LogP contribution >= 0.6 is 0 Å². The van der Waals surface area contributed by atoms with Crippen molar-refractivity contribution >= 4 is 16.7 Å². The lowest BCUT2D eigenvalue weighted by Crippen LogP contribution is -2.05. The maximum absolute atomic E-state index is 13.8. The van der Waals surface area contributed by atoms with Gasteiger partial charge in [-0.15, -0.1) is 0 Å². The van der Waals surface area contributed by atoms with Crippen molar-refractivity contribution in [3.05, 3.63) is 71.8 Å². The molecule has 0 unspecified atom stereocenters. The van der Waals surface area contributed by atoms with E-state index in [4.69, 9.17) is 18.9 Å². The Morgan fingerprint density at radius 2 is 1.39 bits per heavy atom. The van der Waals surface area contributed by atoms with E-state index in [0.29, 0.717) is 34.1 Å². The van der Waals surface area contributed by atoms with Crippen LogP contribution in [0.5, 0.6) is 23.0 Å². The minimum Gasteiger partial charge on any atom is -0.495 e. The van der Waals surface area contributed by atoms with Gasteiger partial charge in [-0.3, -0.25) is 4.79 Å². The molecule has 0 bridgehead atoms. The molecular weight excluding hydrogens is 394 g/mol. The van der Waals surface area contributed by atoms with Crippen LogP contribution in [0.3, 0.4) is 0 Å². The van der Waals surface area contributed by atoms with Crippen molar-refractivity contribution in [3.8, 4) is 34.3 Å². The van der Waals surface area contributed by atoms with E-state index in [9.17, 15) is 4.79 Å². The molecule has 0 atom stereocenters. The SMILES string of the molecule is COc1cc(C(=O)c2c(-c3ccccc3)[nH]c3c(OC)cccc23)cc(OC)c1OC. The van der Waals surface area contributed by atoms with Gasteiger partial charge >= 0.3 is 0 Å². The van der Waals surface area contributed by atoms with E-state index in [1.807, 2.05) is 48.5 Å². The Balaban J connectivity index is 1.98. The molecule has 0 spiro atoms. The lowest BCUT2D eigenvalue weighted by atomic mass is 9.96. The van der Waals surface area contributed by atoms with Crippen LogP contribution in [0.2, 0.25) is 0 Å². The van der Waals surface area contributed by atoms with E-state index < -0.39 is 0 Å². The largest absolute Gasteiger partial charge is 0.495 e. The second-order valence-electron chi connectivity index (χ2n) is 6.87. The number of ether oxygens (including phenoxy) is 4. The van der Waals surface area contributed by atoms with E-state index >= 15 is 0 Å². The first-order valence-corrected chi connectivity index (χ1v) is 9.71. The first-order valence-electron chi connectivity index (χ1n) is 9.71. The normalized spacial score (nSPS) is 10.7. The standard InChI is InChI=1S/C25H23NO5/c1-28-18-12-8-11-17-21(22(26-23(17)18)15-9-6-5-7-10-15)24(27)16-13-19(29-2)25(31-4)20(14-16)30-3/h5-14,26H,1-4H3. The number of H-pyrrole nitrogens is 1. The Labute approximate surface area is 180 Å². The topological polar surface area (TPSA) is 69.8 Å². The highest BCUT2D eigenvalue weighted by molar-refractivity contribution is 6.21. The maximum Gasteiger partial charge on any atom is 0.203 e. The molecule has 0 aliphatic heterocycles. The summed E-state index contributed by atoms with van der Waals surface area (Å²) in [5.74, 6) is 1.77. The van der Waals surface area contributed by atoms with Gasteiger partial charge in [0.25, 0.3) is 0 Å². The third kappa shape index (κ3) is 3.46. The third-order valence-corrected chi connectivity index (χ3v) is 5.23. The number of fused-ring (bicyclic) bond motifs is 1. The lowest BCUT2D eigenvalue weighted by Gasteiger charge is -2.14. The Kier molecular flexibility index (Phi) is 5.54. The van der Waals surface area contributed by atoms with Crippen LogP contribution in [0.4, 0.5) is 0 Å². The Hall–Kier alpha value is -3.93. The number of hydrogen-bond acceptors (Lipinski definition) is 5. The molecule has 6 heteroatoms. The molecule has 158 valence electrons. The van der Waals surface area contributed by atoms with Gasteiger partial charge in [0.1, 0.15) is 5.75 Å². The zero-order valence-electron chi connectivity index (χ0n) is 17.8. The van der Waals surface area contributed by atoms with Crippen LogP contribution < -0.4 is 18.9 Å². The monoisotopic (exact) mass is 417 g/mol. The van der Waals surface area contributed by atoms with Crippen LogP contribution in [-0.2, 0) is 0 Å². The van der Waals surface area contributed by atoms with E-state index in [0.717, 1.165) is 22.2 Å². The molecule has 0 aliphatic rings. The van der Waals surface area contributed by atoms with Gasteiger partial charge in [-0.05, 0) is 23.8 Å². The van der Waals surface area contributed by atoms with Gasteiger partial charge in [-0.2, -0.15) is 0 Å². The van der Waals surface area contributed by atoms with Gasteiger partial charge in [0.05, 0.1) is 45.2 Å². The fourth-order valence-electron chi connectivity index (χ4n) is 3.77. The summed E-state index contributed by atoms with van der Waals surface area (Å²) in [6, 6.07) is 18.7. The summed E-state index contributed by atoms with van der Waals surface area (Å²) >= 11 is 0. The molecule has 6 nitrogen and oxygen atoms in total. The summed E-state index contributed by atoms with van der Waals surface area (Å²) in [5.41, 5.74) is 3.36. The van der Waals surface area contributed by atoms with Gasteiger partial charge in [-0.1, -0.05) is 42.5 Å². The number of ketones is 1. The van der Waals surface area contributed by atoms with Gasteiger partial charge in [-0.25, -0.2) is 0 Å². The molecule has 0 saturated carbocycles. The second-order valence-corrected chi connectivity index (χ2v) is 6.87. The summed E-state index contributed by atoms with van der Waals surface area (Å²) < 4.78 is 21.8. The number of benzene rings is 3. The number of nitrogens with one attached hydrogen (secondary N) is 1. The van der Waals surface area contributed by atoms with Crippen LogP contribution in [0, 0.1) is 0 Å². The average molecular weight is 417 g/mol. The number of carbonyl (C=O) groups excluding carboxylic acids is 1. The predicted molar refractivity (Wildman–Crippen MR) is 120 cm³/mol. The van der Waals surface area contributed by atoms with Crippen LogP contribution in [-0.4, -0.2) is 39.2 Å². The predicted octanol–water partition coefficient (Wildman–Crippen LogP) is 5.10. The molecule has 1 heterocycles. The molecule has 4 aromatic rings. The quantitative estimate of drug-likeness (QED) is 0.424. The fourth-order valence-corrected chi connectivity index (χ4v) is 3.77. The molecule has 3 aromatic carbocycles. The number of methoxy groups -OCH3 is 4. The first-order chi connectivity index (χ1) is 15.1. The zero-order valence-corrected chi connectivity index (χ0v) is 17.8. The molecule has 0 fully saturated rings. The van der Waals surface area contributed by atoms with Gasteiger partial charge in [0.2, 0.25) is 5.75 Å². The molecule has 1 aromatic heterocycles. The molecule has 0 aliphatic carbocycles. The van der Waals surface area contributed by atoms with Crippen molar-refractivity contribution in [3.63, 3.8) is 0 Å². The van der Waals surface area contributed by atoms with E-state index in [2.05, 4.69) is 4.98 Å². The number of carbonyl (C=O) groups is 1. The number of aromatic nitrogens is 1. The molecule has 31 heavy (non-hydrogen) atoms. The summed E-state index contributed by atoms with van der Waals surface area (Å²) in [7, 11) is 6.19. The number of para-hydroxylation sites is 1. The molecule has 4 rings (SSSR count). The molecule has 0 saturated heterocycles. The minimum absolute atomic E-state index is 0.169. The third-order valence-electron chi connectivity index (χ3n) is 5.23. The Morgan fingerprint density at radius 1 is 0.742 bits per heavy atom. The van der Waals surface area contributed by atoms with Crippen LogP contribution in [0.25, 0.3) is 22.2 Å². The molecule has 0 radical (unpaired) electrons. The van der Waals surface area contributed by atoms with Crippen molar-refractivity contribution in [1.82, 2.24) is 4.98 Å². The first kappa shape index (κ1) is 20.3. The van der Waals surface area contributed by atoms with Crippen molar-refractivity contribution in [2.24, 2.45) is 0 Å². The highest BCUT2D eigenvalue weighted by atomic mass is 16.5. The van der Waals surface area contributed by atoms with Crippen molar-refractivity contribution in [1.29, 1.82) is 0 Å². The summed E-state index contributed by atoms with van der Waals surface area (Å²) in [6.07, 6.45) is 0. The van der Waals surface area contributed by atoms with E-state index in [-0.39, 0.29) is 5.78 Å². The second kappa shape index (κ2) is 8.44. The highest BCUT2D eigenvalue weighted by Crippen LogP contribution is 2.41. The minimum atomic E-state index is -0.169. The van der Waals surface area contributed by atoms with Gasteiger partial charge < -0.3 is 23.9 Å². The summed E-state index contributed by atoms with van der Waals surface area (Å²) in [6.45, 7) is 0. The van der Waals surface area contributed by atoms with Crippen molar-refractivity contribution in [2.75, 3.05) is 28.4 Å². The Morgan fingerprint density at radius 3 is 1.97 bits per heavy atom. The fraction of sp³-hybridized carbons (Fsp3) is 0.160. The van der Waals surface area contributed by atoms with E-state index in [1.165, 1.54) is 21.3 Å². The molecule has 0 amide bonds. The van der Waals surface area contributed by atoms with Gasteiger partial charge in [0.15, 0.2) is 17.3 Å². The smallest absolute Gasteiger partial charge is 0.203 e. The maximum atomic E-state index is 13.8. The Bertz CT molecular complexity index is 1220. The summed E-state index contributed by atoms with van der Waals surface area (Å²) in [5, 5.41) is 0.775. The van der Waals surface area contributed by atoms with Gasteiger partial charge in [0, 0.05) is 10.9 Å². The number of hydrogen-bond donors (Lipinski definition) is 1. The van der Waals surface area contributed by atoms with Crippen molar-refractivity contribution in [2.45, 2.75) is 0 Å². The summed E-state index contributed by atoms with van der Waals surface area (Å²) in [4.78, 5) is 17.2. The lowest BCUT2D eigenvalue weighted by molar-refractivity contribution is 0.104. The average Bonchev–Trinajstić information content (AvgIpc) is 3.22. The number of rotatable bonds is 7. The van der Waals surface area contributed by atoms with Crippen LogP contribution in [0.1, 0.15) is 15.9 Å². The molecule has 1 N–H and O–H groups in total. The van der Waals surface area contributed by atoms with E-state index in [1.54, 1.807) is 19.2 Å². The number of aromatic amines is 1. The highest BCUT2D eigenvalue weighted by Gasteiger charge is 2.25. The molecular formula is C25H23NO5. The zero-order chi connectivity index (χ0) is 22.0. The van der Waals surface area contributed by atoms with Crippen molar-refractivity contribution < 1.29 is 23.7 Å². The van der Waals surface area contributed by atoms with Crippen LogP contribution in [0.15, 0.2) is 60.7 Å².